The first-order valence-corrected chi connectivity index (χ1v) is 13.9. The number of hydrogen-bond donors (Lipinski definition) is 4. The molecule has 0 aliphatic carbocycles. The van der Waals surface area contributed by atoms with Crippen molar-refractivity contribution in [1.82, 2.24) is 15.3 Å². The van der Waals surface area contributed by atoms with Gasteiger partial charge in [-0.2, -0.15) is 0 Å². The van der Waals surface area contributed by atoms with Gasteiger partial charge >= 0.3 is 0 Å². The van der Waals surface area contributed by atoms with Crippen molar-refractivity contribution in [3.63, 3.8) is 0 Å². The summed E-state index contributed by atoms with van der Waals surface area (Å²) >= 11 is 0. The van der Waals surface area contributed by atoms with E-state index < -0.39 is 0 Å². The molecule has 1 aromatic heterocycles. The fourth-order valence-electron chi connectivity index (χ4n) is 5.25. The van der Waals surface area contributed by atoms with Gasteiger partial charge in [0.15, 0.2) is 17.5 Å². The normalized spacial score (nSPS) is 19.8. The zero-order chi connectivity index (χ0) is 26.9. The minimum absolute atomic E-state index is 0.0633. The molecule has 0 spiro atoms. The SMILES string of the molecule is COCC1CCC(Nc2nc(COC3CCNCC3)nc(NCC(c3ccccc3)c3ccccc3)c2N)O1. The van der Waals surface area contributed by atoms with Crippen molar-refractivity contribution in [3.05, 3.63) is 77.6 Å². The van der Waals surface area contributed by atoms with Crippen LogP contribution in [0.3, 0.4) is 0 Å². The van der Waals surface area contributed by atoms with Crippen LogP contribution in [0.4, 0.5) is 17.3 Å². The average Bonchev–Trinajstić information content (AvgIpc) is 3.42. The number of nitrogens with zero attached hydrogens (tertiary/aromatic N) is 2. The number of methoxy groups -OCH3 is 1. The maximum atomic E-state index is 6.65. The highest BCUT2D eigenvalue weighted by molar-refractivity contribution is 5.74. The second kappa shape index (κ2) is 13.7. The lowest BCUT2D eigenvalue weighted by Gasteiger charge is -2.24. The summed E-state index contributed by atoms with van der Waals surface area (Å²) in [5.74, 6) is 1.88. The second-order valence-electron chi connectivity index (χ2n) is 10.2. The van der Waals surface area contributed by atoms with Crippen LogP contribution in [0.2, 0.25) is 0 Å². The first-order chi connectivity index (χ1) is 19.2. The van der Waals surface area contributed by atoms with Gasteiger partial charge in [-0.15, -0.1) is 0 Å². The molecule has 208 valence electrons. The molecule has 2 unspecified atom stereocenters. The third kappa shape index (κ3) is 7.45. The molecule has 2 aliphatic rings. The van der Waals surface area contributed by atoms with Crippen molar-refractivity contribution in [2.45, 2.75) is 56.6 Å². The Hall–Kier alpha value is -3.24. The fraction of sp³-hybridized carbons (Fsp3) is 0.467. The van der Waals surface area contributed by atoms with E-state index >= 15 is 0 Å². The fourth-order valence-corrected chi connectivity index (χ4v) is 5.25. The first-order valence-electron chi connectivity index (χ1n) is 13.9. The van der Waals surface area contributed by atoms with Crippen LogP contribution in [-0.2, 0) is 20.8 Å². The Morgan fingerprint density at radius 2 is 1.62 bits per heavy atom. The van der Waals surface area contributed by atoms with Gasteiger partial charge in [0, 0.05) is 19.6 Å². The molecule has 0 amide bonds. The third-order valence-electron chi connectivity index (χ3n) is 7.36. The van der Waals surface area contributed by atoms with Gasteiger partial charge in [0.1, 0.15) is 18.5 Å². The molecule has 2 aromatic carbocycles. The summed E-state index contributed by atoms with van der Waals surface area (Å²) in [5, 5.41) is 10.3. The minimum atomic E-state index is -0.185. The Labute approximate surface area is 230 Å². The van der Waals surface area contributed by atoms with E-state index in [1.54, 1.807) is 7.11 Å². The zero-order valence-corrected chi connectivity index (χ0v) is 22.6. The highest BCUT2D eigenvalue weighted by atomic mass is 16.5. The summed E-state index contributed by atoms with van der Waals surface area (Å²) in [5.41, 5.74) is 9.56. The standard InChI is InChI=1S/C30H40N6O3/c1-37-19-24-12-13-27(39-24)36-30-28(31)29(34-26(35-30)20-38-23-14-16-32-17-15-23)33-18-25(21-8-4-2-5-9-21)22-10-6-3-7-11-22/h2-11,23-25,27,32H,12-20,31H2,1H3,(H2,33,34,35,36). The Balaban J connectivity index is 1.36. The highest BCUT2D eigenvalue weighted by Crippen LogP contribution is 2.31. The molecule has 2 atom stereocenters. The van der Waals surface area contributed by atoms with Gasteiger partial charge in [0.25, 0.3) is 0 Å². The number of piperidine rings is 1. The van der Waals surface area contributed by atoms with Crippen LogP contribution >= 0.6 is 0 Å². The lowest BCUT2D eigenvalue weighted by Crippen LogP contribution is -2.32. The molecule has 2 fully saturated rings. The maximum absolute atomic E-state index is 6.65. The van der Waals surface area contributed by atoms with E-state index in [0.29, 0.717) is 42.9 Å². The Morgan fingerprint density at radius 1 is 0.949 bits per heavy atom. The molecule has 9 nitrogen and oxygen atoms in total. The van der Waals surface area contributed by atoms with Gasteiger partial charge in [-0.05, 0) is 49.9 Å². The zero-order valence-electron chi connectivity index (χ0n) is 22.6. The van der Waals surface area contributed by atoms with E-state index in [0.717, 1.165) is 38.8 Å². The smallest absolute Gasteiger partial charge is 0.158 e. The van der Waals surface area contributed by atoms with Crippen LogP contribution in [0.1, 0.15) is 48.6 Å². The molecule has 2 saturated heterocycles. The quantitative estimate of drug-likeness (QED) is 0.273. The molecule has 0 saturated carbocycles. The first kappa shape index (κ1) is 27.3. The number of aromatic nitrogens is 2. The van der Waals surface area contributed by atoms with Crippen LogP contribution in [-0.4, -0.2) is 61.8 Å². The van der Waals surface area contributed by atoms with Crippen molar-refractivity contribution in [3.8, 4) is 0 Å². The van der Waals surface area contributed by atoms with Crippen molar-refractivity contribution in [2.75, 3.05) is 49.7 Å². The van der Waals surface area contributed by atoms with E-state index in [-0.39, 0.29) is 24.4 Å². The van der Waals surface area contributed by atoms with Gasteiger partial charge < -0.3 is 35.9 Å². The second-order valence-corrected chi connectivity index (χ2v) is 10.2. The number of rotatable bonds is 12. The maximum Gasteiger partial charge on any atom is 0.158 e. The molecule has 0 bridgehead atoms. The van der Waals surface area contributed by atoms with Crippen molar-refractivity contribution >= 4 is 17.3 Å². The van der Waals surface area contributed by atoms with E-state index in [2.05, 4.69) is 64.5 Å². The van der Waals surface area contributed by atoms with Gasteiger partial charge in [-0.3, -0.25) is 0 Å². The summed E-state index contributed by atoms with van der Waals surface area (Å²) in [6.45, 7) is 3.45. The number of nitrogens with two attached hydrogens (primary N) is 1. The number of nitrogen functional groups attached to an aromatic ring is 1. The summed E-state index contributed by atoms with van der Waals surface area (Å²) < 4.78 is 17.6. The van der Waals surface area contributed by atoms with Gasteiger partial charge in [0.2, 0.25) is 0 Å². The van der Waals surface area contributed by atoms with Crippen LogP contribution in [0.15, 0.2) is 60.7 Å². The van der Waals surface area contributed by atoms with E-state index in [1.165, 1.54) is 11.1 Å². The largest absolute Gasteiger partial charge is 0.393 e. The van der Waals surface area contributed by atoms with Gasteiger partial charge in [0.05, 0.1) is 18.8 Å². The highest BCUT2D eigenvalue weighted by Gasteiger charge is 2.27. The lowest BCUT2D eigenvalue weighted by molar-refractivity contribution is 0.00839. The average molecular weight is 533 g/mol. The molecular weight excluding hydrogens is 492 g/mol. The number of ether oxygens (including phenoxy) is 3. The van der Waals surface area contributed by atoms with Crippen molar-refractivity contribution < 1.29 is 14.2 Å². The van der Waals surface area contributed by atoms with Crippen LogP contribution in [0.5, 0.6) is 0 Å². The predicted molar refractivity (Wildman–Crippen MR) is 154 cm³/mol. The van der Waals surface area contributed by atoms with E-state index in [1.807, 2.05) is 12.1 Å². The molecule has 0 radical (unpaired) electrons. The van der Waals surface area contributed by atoms with Crippen LogP contribution in [0, 0.1) is 0 Å². The molecule has 5 N–H and O–H groups in total. The molecule has 3 heterocycles. The molecular formula is C30H40N6O3. The summed E-state index contributed by atoms with van der Waals surface area (Å²) in [6, 6.07) is 21.0. The molecule has 9 heteroatoms. The lowest BCUT2D eigenvalue weighted by atomic mass is 9.91. The molecule has 5 rings (SSSR count). The Kier molecular flexibility index (Phi) is 9.61. The van der Waals surface area contributed by atoms with Gasteiger partial charge in [-0.1, -0.05) is 60.7 Å². The predicted octanol–water partition coefficient (Wildman–Crippen LogP) is 4.13. The van der Waals surface area contributed by atoms with Crippen molar-refractivity contribution in [2.24, 2.45) is 0 Å². The summed E-state index contributed by atoms with van der Waals surface area (Å²) in [7, 11) is 1.69. The third-order valence-corrected chi connectivity index (χ3v) is 7.36. The number of anilines is 3. The Bertz CT molecular complexity index is 1120. The molecule has 39 heavy (non-hydrogen) atoms. The minimum Gasteiger partial charge on any atom is -0.393 e. The molecule has 3 aromatic rings. The van der Waals surface area contributed by atoms with Crippen LogP contribution < -0.4 is 21.7 Å². The van der Waals surface area contributed by atoms with E-state index in [4.69, 9.17) is 29.9 Å². The number of hydrogen-bond acceptors (Lipinski definition) is 9. The number of nitrogens with one attached hydrogen (secondary N) is 3. The summed E-state index contributed by atoms with van der Waals surface area (Å²) in [6.07, 6.45) is 3.82. The number of benzene rings is 2. The monoisotopic (exact) mass is 532 g/mol. The van der Waals surface area contributed by atoms with E-state index in [9.17, 15) is 0 Å². The topological polar surface area (TPSA) is 116 Å². The van der Waals surface area contributed by atoms with Crippen molar-refractivity contribution in [1.29, 1.82) is 0 Å². The molecule has 2 aliphatic heterocycles. The van der Waals surface area contributed by atoms with Crippen LogP contribution in [0.25, 0.3) is 0 Å². The Morgan fingerprint density at radius 3 is 2.28 bits per heavy atom. The van der Waals surface area contributed by atoms with Gasteiger partial charge in [-0.25, -0.2) is 9.97 Å². The summed E-state index contributed by atoms with van der Waals surface area (Å²) in [4.78, 5) is 9.56.